The molecule has 0 spiro atoms. The van der Waals surface area contributed by atoms with Gasteiger partial charge in [-0.2, -0.15) is 0 Å². The van der Waals surface area contributed by atoms with Crippen LogP contribution in [0.15, 0.2) is 12.1 Å². The smallest absolute Gasteiger partial charge is 0.242 e. The Morgan fingerprint density at radius 2 is 0.920 bits per heavy atom. The van der Waals surface area contributed by atoms with Crippen molar-refractivity contribution in [3.05, 3.63) is 12.1 Å². The second kappa shape index (κ2) is 8.43. The van der Waals surface area contributed by atoms with Gasteiger partial charge < -0.3 is 55.0 Å². The Labute approximate surface area is 142 Å². The maximum atomic E-state index is 8.52. The number of hydrogen-bond donors (Lipinski definition) is 8. The lowest BCUT2D eigenvalue weighted by Crippen LogP contribution is -2.18. The fraction of sp³-hybridized carbons (Fsp3) is 0. The quantitative estimate of drug-likeness (QED) is 0.163. The second-order valence-corrected chi connectivity index (χ2v) is 5.24. The first-order valence-electron chi connectivity index (χ1n) is 6.13. The molecule has 0 fully saturated rings. The zero-order valence-corrected chi connectivity index (χ0v) is 13.6. The van der Waals surface area contributed by atoms with Crippen molar-refractivity contribution in [3.63, 3.8) is 0 Å². The Bertz CT molecular complexity index is 732. The SMILES string of the molecule is Nc1cc(N)c(N)c(N)[nH+]1.Nc1cc(N)c(N)c(N)[nH+]1.O=S(=O)([O-])[O-]. The van der Waals surface area contributed by atoms with Crippen molar-refractivity contribution in [3.8, 4) is 0 Å². The summed E-state index contributed by atoms with van der Waals surface area (Å²) in [6.45, 7) is 0. The van der Waals surface area contributed by atoms with Crippen LogP contribution >= 0.6 is 0 Å². The fourth-order valence-corrected chi connectivity index (χ4v) is 1.32. The fourth-order valence-electron chi connectivity index (χ4n) is 1.32. The molecule has 18 N–H and O–H groups in total. The van der Waals surface area contributed by atoms with Gasteiger partial charge >= 0.3 is 0 Å². The van der Waals surface area contributed by atoms with Crippen LogP contribution in [0.1, 0.15) is 0 Å². The average Bonchev–Trinajstić information content (AvgIpc) is 2.40. The van der Waals surface area contributed by atoms with Gasteiger partial charge in [0.15, 0.2) is 0 Å². The Morgan fingerprint density at radius 1 is 0.680 bits per heavy atom. The molecule has 2 rings (SSSR count). The van der Waals surface area contributed by atoms with E-state index in [0.29, 0.717) is 46.0 Å². The maximum absolute atomic E-state index is 8.52. The van der Waals surface area contributed by atoms with Crippen molar-refractivity contribution in [2.75, 3.05) is 45.9 Å². The molecule has 2 aromatic rings. The number of rotatable bonds is 0. The minimum absolute atomic E-state index is 0.303. The summed E-state index contributed by atoms with van der Waals surface area (Å²) >= 11 is 0. The molecule has 0 radical (unpaired) electrons. The van der Waals surface area contributed by atoms with Crippen LogP contribution in [0.2, 0.25) is 0 Å². The summed E-state index contributed by atoms with van der Waals surface area (Å²) in [5, 5.41) is 0. The molecule has 14 nitrogen and oxygen atoms in total. The maximum Gasteiger partial charge on any atom is 0.242 e. The molecule has 0 aliphatic rings. The summed E-state index contributed by atoms with van der Waals surface area (Å²) in [7, 11) is -5.17. The number of hydrogen-bond acceptors (Lipinski definition) is 12. The minimum Gasteiger partial charge on any atom is -0.759 e. The van der Waals surface area contributed by atoms with Gasteiger partial charge in [0, 0.05) is 22.5 Å². The van der Waals surface area contributed by atoms with E-state index in [9.17, 15) is 0 Å². The van der Waals surface area contributed by atoms with Crippen LogP contribution in [0.5, 0.6) is 0 Å². The molecule has 0 aliphatic heterocycles. The van der Waals surface area contributed by atoms with Crippen LogP contribution in [0.25, 0.3) is 0 Å². The summed E-state index contributed by atoms with van der Waals surface area (Å²) in [4.78, 5) is 5.26. The van der Waals surface area contributed by atoms with Crippen molar-refractivity contribution in [1.82, 2.24) is 0 Å². The van der Waals surface area contributed by atoms with Crippen molar-refractivity contribution in [2.24, 2.45) is 0 Å². The van der Waals surface area contributed by atoms with E-state index in [1.165, 1.54) is 12.1 Å². The molecular formula is C10H20N10O4S. The molecule has 0 amide bonds. The topological polar surface area (TPSA) is 317 Å². The third-order valence-corrected chi connectivity index (χ3v) is 2.38. The highest BCUT2D eigenvalue weighted by atomic mass is 32.3. The summed E-state index contributed by atoms with van der Waals surface area (Å²) in [5.41, 5.74) is 44.6. The Kier molecular flexibility index (Phi) is 7.27. The van der Waals surface area contributed by atoms with Gasteiger partial charge in [-0.3, -0.25) is 8.42 Å². The molecule has 0 saturated heterocycles. The standard InChI is InChI=1S/2C5H9N5.H2O4S/c2*6-2-1-3(7)10-5(9)4(2)8;1-5(2,3)4/h2*1H,8H2,(H6,6,7,9,10);(H2,1,2,3,4). The van der Waals surface area contributed by atoms with E-state index in [1.54, 1.807) is 0 Å². The van der Waals surface area contributed by atoms with Crippen molar-refractivity contribution in [2.45, 2.75) is 0 Å². The number of H-pyrrole nitrogens is 2. The van der Waals surface area contributed by atoms with E-state index >= 15 is 0 Å². The van der Waals surface area contributed by atoms with Crippen LogP contribution in [-0.4, -0.2) is 17.5 Å². The van der Waals surface area contributed by atoms with E-state index in [4.69, 9.17) is 63.4 Å². The minimum atomic E-state index is -5.17. The van der Waals surface area contributed by atoms with Gasteiger partial charge in [-0.15, -0.1) is 0 Å². The Balaban J connectivity index is 0.000000368. The van der Waals surface area contributed by atoms with Crippen LogP contribution in [0.4, 0.5) is 46.0 Å². The van der Waals surface area contributed by atoms with E-state index in [1.807, 2.05) is 0 Å². The average molecular weight is 376 g/mol. The van der Waals surface area contributed by atoms with Crippen LogP contribution in [0, 0.1) is 0 Å². The summed E-state index contributed by atoms with van der Waals surface area (Å²) < 4.78 is 34.1. The molecule has 15 heteroatoms. The van der Waals surface area contributed by atoms with Crippen LogP contribution in [-0.2, 0) is 10.4 Å². The molecule has 25 heavy (non-hydrogen) atoms. The molecular weight excluding hydrogens is 356 g/mol. The molecule has 2 heterocycles. The normalized spacial score (nSPS) is 10.0. The van der Waals surface area contributed by atoms with E-state index < -0.39 is 10.4 Å². The lowest BCUT2D eigenvalue weighted by Gasteiger charge is -2.06. The van der Waals surface area contributed by atoms with E-state index in [2.05, 4.69) is 9.97 Å². The first-order chi connectivity index (χ1) is 11.2. The summed E-state index contributed by atoms with van der Waals surface area (Å²) in [5.74, 6) is 1.42. The lowest BCUT2D eigenvalue weighted by atomic mass is 10.3. The number of anilines is 8. The third kappa shape index (κ3) is 8.69. The Morgan fingerprint density at radius 3 is 1.12 bits per heavy atom. The highest BCUT2D eigenvalue weighted by Gasteiger charge is 2.05. The highest BCUT2D eigenvalue weighted by molar-refractivity contribution is 7.79. The first kappa shape index (κ1) is 21.6. The number of pyridine rings is 2. The van der Waals surface area contributed by atoms with Gasteiger partial charge in [0.2, 0.25) is 23.3 Å². The van der Waals surface area contributed by atoms with Crippen molar-refractivity contribution >= 4 is 56.4 Å². The zero-order chi connectivity index (χ0) is 19.9. The van der Waals surface area contributed by atoms with E-state index in [0.717, 1.165) is 0 Å². The van der Waals surface area contributed by atoms with Gasteiger partial charge in [-0.1, -0.05) is 0 Å². The number of nitrogen functional groups attached to an aromatic ring is 8. The molecule has 0 bridgehead atoms. The van der Waals surface area contributed by atoms with Gasteiger partial charge in [0.05, 0.1) is 11.4 Å². The van der Waals surface area contributed by atoms with Crippen molar-refractivity contribution in [1.29, 1.82) is 0 Å². The Hall–Kier alpha value is -3.43. The number of aromatic nitrogens is 2. The van der Waals surface area contributed by atoms with Gasteiger partial charge in [0.1, 0.15) is 11.4 Å². The van der Waals surface area contributed by atoms with Crippen molar-refractivity contribution < 1.29 is 27.5 Å². The first-order valence-corrected chi connectivity index (χ1v) is 7.46. The largest absolute Gasteiger partial charge is 0.759 e. The predicted octanol–water partition coefficient (Wildman–Crippen LogP) is -3.68. The van der Waals surface area contributed by atoms with Gasteiger partial charge in [-0.25, -0.2) is 9.97 Å². The number of nitrogens with one attached hydrogen (secondary N) is 2. The summed E-state index contributed by atoms with van der Waals surface area (Å²) in [6, 6.07) is 3.04. The molecule has 2 aromatic heterocycles. The van der Waals surface area contributed by atoms with Crippen LogP contribution in [0.3, 0.4) is 0 Å². The predicted molar refractivity (Wildman–Crippen MR) is 91.8 cm³/mol. The van der Waals surface area contributed by atoms with Gasteiger partial charge in [-0.05, 0) is 0 Å². The molecule has 0 unspecified atom stereocenters. The number of aromatic amines is 2. The van der Waals surface area contributed by atoms with Crippen LogP contribution < -0.4 is 55.8 Å². The summed E-state index contributed by atoms with van der Waals surface area (Å²) in [6.07, 6.45) is 0. The second-order valence-electron chi connectivity index (χ2n) is 4.42. The lowest BCUT2D eigenvalue weighted by molar-refractivity contribution is -0.342. The molecule has 0 aromatic carbocycles. The molecule has 140 valence electrons. The molecule has 0 atom stereocenters. The highest BCUT2D eigenvalue weighted by Crippen LogP contribution is 2.18. The van der Waals surface area contributed by atoms with E-state index in [-0.39, 0.29) is 0 Å². The monoisotopic (exact) mass is 376 g/mol. The third-order valence-electron chi connectivity index (χ3n) is 2.38. The number of nitrogens with two attached hydrogens (primary N) is 8. The van der Waals surface area contributed by atoms with Gasteiger partial charge in [0.25, 0.3) is 0 Å². The molecule has 0 aliphatic carbocycles. The molecule has 0 saturated carbocycles. The zero-order valence-electron chi connectivity index (χ0n) is 12.8.